The fraction of sp³-hybridized carbons (Fsp3) is 0.286. The van der Waals surface area contributed by atoms with Crippen LogP contribution in [0.2, 0.25) is 0 Å². The van der Waals surface area contributed by atoms with Crippen molar-refractivity contribution in [2.24, 2.45) is 0 Å². The van der Waals surface area contributed by atoms with Crippen molar-refractivity contribution < 1.29 is 0 Å². The third-order valence-corrected chi connectivity index (χ3v) is 3.74. The zero-order chi connectivity index (χ0) is 10.7. The van der Waals surface area contributed by atoms with E-state index in [1.807, 2.05) is 0 Å². The summed E-state index contributed by atoms with van der Waals surface area (Å²) < 4.78 is 0. The van der Waals surface area contributed by atoms with E-state index in [-0.39, 0.29) is 0 Å². The Morgan fingerprint density at radius 1 is 1.07 bits per heavy atom. The van der Waals surface area contributed by atoms with Crippen LogP contribution in [-0.4, -0.2) is 4.83 Å². The fourth-order valence-electron chi connectivity index (χ4n) is 1.85. The van der Waals surface area contributed by atoms with Gasteiger partial charge in [0, 0.05) is 4.83 Å². The fourth-order valence-corrected chi connectivity index (χ4v) is 2.20. The van der Waals surface area contributed by atoms with Gasteiger partial charge in [-0.15, -0.1) is 0 Å². The van der Waals surface area contributed by atoms with E-state index in [0.29, 0.717) is 4.83 Å². The van der Waals surface area contributed by atoms with E-state index in [1.165, 1.54) is 22.8 Å². The number of hydrogen-bond acceptors (Lipinski definition) is 0. The third kappa shape index (κ3) is 2.40. The van der Waals surface area contributed by atoms with Gasteiger partial charge in [0.05, 0.1) is 0 Å². The molecular weight excluding hydrogens is 248 g/mol. The standard InChI is InChI=1S/C14H15Br/c1-2-13(15)10-12-8-5-7-11-6-3-4-9-14(11)12/h3-9,13H,2,10H2,1H3. The summed E-state index contributed by atoms with van der Waals surface area (Å²) in [5.41, 5.74) is 1.44. The van der Waals surface area contributed by atoms with Gasteiger partial charge in [-0.3, -0.25) is 0 Å². The highest BCUT2D eigenvalue weighted by atomic mass is 79.9. The summed E-state index contributed by atoms with van der Waals surface area (Å²) in [5.74, 6) is 0. The molecule has 0 radical (unpaired) electrons. The van der Waals surface area contributed by atoms with Gasteiger partial charge in [0.25, 0.3) is 0 Å². The summed E-state index contributed by atoms with van der Waals surface area (Å²) in [6.07, 6.45) is 2.28. The Hall–Kier alpha value is -0.820. The van der Waals surface area contributed by atoms with Crippen LogP contribution in [0.25, 0.3) is 10.8 Å². The number of benzene rings is 2. The SMILES string of the molecule is CCC(Br)Cc1cccc2ccccc12. The maximum Gasteiger partial charge on any atom is 0.0183 e. The van der Waals surface area contributed by atoms with Crippen LogP contribution in [0.5, 0.6) is 0 Å². The minimum Gasteiger partial charge on any atom is -0.0887 e. The maximum atomic E-state index is 3.70. The summed E-state index contributed by atoms with van der Waals surface area (Å²) in [7, 11) is 0. The average Bonchev–Trinajstić information content (AvgIpc) is 2.29. The highest BCUT2D eigenvalue weighted by Gasteiger charge is 2.05. The molecule has 0 N–H and O–H groups in total. The van der Waals surface area contributed by atoms with Gasteiger partial charge < -0.3 is 0 Å². The second kappa shape index (κ2) is 4.80. The summed E-state index contributed by atoms with van der Waals surface area (Å²) in [6.45, 7) is 2.21. The van der Waals surface area contributed by atoms with Gasteiger partial charge in [0.15, 0.2) is 0 Å². The molecular formula is C14H15Br. The van der Waals surface area contributed by atoms with Crippen LogP contribution in [0.3, 0.4) is 0 Å². The molecule has 2 aromatic carbocycles. The van der Waals surface area contributed by atoms with E-state index in [4.69, 9.17) is 0 Å². The van der Waals surface area contributed by atoms with E-state index >= 15 is 0 Å². The number of fused-ring (bicyclic) bond motifs is 1. The van der Waals surface area contributed by atoms with Crippen molar-refractivity contribution >= 4 is 26.7 Å². The predicted molar refractivity (Wildman–Crippen MR) is 70.7 cm³/mol. The van der Waals surface area contributed by atoms with Gasteiger partial charge in [-0.05, 0) is 29.2 Å². The second-order valence-electron chi connectivity index (χ2n) is 3.85. The van der Waals surface area contributed by atoms with Crippen molar-refractivity contribution in [3.8, 4) is 0 Å². The van der Waals surface area contributed by atoms with Crippen molar-refractivity contribution in [3.05, 3.63) is 48.0 Å². The molecule has 1 unspecified atom stereocenters. The molecule has 0 amide bonds. The van der Waals surface area contributed by atoms with Crippen molar-refractivity contribution in [1.82, 2.24) is 0 Å². The Morgan fingerprint density at radius 3 is 2.60 bits per heavy atom. The van der Waals surface area contributed by atoms with E-state index in [1.54, 1.807) is 0 Å². The lowest BCUT2D eigenvalue weighted by Gasteiger charge is -2.09. The molecule has 0 aromatic heterocycles. The number of alkyl halides is 1. The van der Waals surface area contributed by atoms with Gasteiger partial charge in [-0.25, -0.2) is 0 Å². The van der Waals surface area contributed by atoms with E-state index in [2.05, 4.69) is 65.3 Å². The molecule has 1 atom stereocenters. The van der Waals surface area contributed by atoms with Gasteiger partial charge in [0.2, 0.25) is 0 Å². The molecule has 0 aliphatic carbocycles. The maximum absolute atomic E-state index is 3.70. The first-order valence-corrected chi connectivity index (χ1v) is 6.33. The number of hydrogen-bond donors (Lipinski definition) is 0. The molecule has 15 heavy (non-hydrogen) atoms. The van der Waals surface area contributed by atoms with Crippen LogP contribution in [0.15, 0.2) is 42.5 Å². The summed E-state index contributed by atoms with van der Waals surface area (Å²) >= 11 is 3.70. The molecule has 0 bridgehead atoms. The summed E-state index contributed by atoms with van der Waals surface area (Å²) in [4.78, 5) is 0.586. The van der Waals surface area contributed by atoms with E-state index in [0.717, 1.165) is 6.42 Å². The Balaban J connectivity index is 2.42. The highest BCUT2D eigenvalue weighted by molar-refractivity contribution is 9.09. The Labute approximate surface area is 99.4 Å². The van der Waals surface area contributed by atoms with Crippen molar-refractivity contribution in [2.75, 3.05) is 0 Å². The lowest BCUT2D eigenvalue weighted by Crippen LogP contribution is -2.00. The molecule has 0 spiro atoms. The predicted octanol–water partition coefficient (Wildman–Crippen LogP) is 4.56. The lowest BCUT2D eigenvalue weighted by molar-refractivity contribution is 0.834. The number of rotatable bonds is 3. The zero-order valence-corrected chi connectivity index (χ0v) is 10.5. The molecule has 0 aliphatic heterocycles. The smallest absolute Gasteiger partial charge is 0.0183 e. The first-order chi connectivity index (χ1) is 7.31. The largest absolute Gasteiger partial charge is 0.0887 e. The molecule has 0 saturated carbocycles. The molecule has 2 rings (SSSR count). The monoisotopic (exact) mass is 262 g/mol. The van der Waals surface area contributed by atoms with Crippen LogP contribution in [0.4, 0.5) is 0 Å². The van der Waals surface area contributed by atoms with Crippen molar-refractivity contribution in [3.63, 3.8) is 0 Å². The highest BCUT2D eigenvalue weighted by Crippen LogP contribution is 2.22. The molecule has 0 heterocycles. The summed E-state index contributed by atoms with van der Waals surface area (Å²) in [5, 5.41) is 2.73. The van der Waals surface area contributed by atoms with Crippen LogP contribution in [0, 0.1) is 0 Å². The molecule has 1 heteroatoms. The average molecular weight is 263 g/mol. The Bertz CT molecular complexity index is 443. The zero-order valence-electron chi connectivity index (χ0n) is 8.91. The second-order valence-corrected chi connectivity index (χ2v) is 5.14. The molecule has 0 saturated heterocycles. The number of halogens is 1. The van der Waals surface area contributed by atoms with E-state index < -0.39 is 0 Å². The lowest BCUT2D eigenvalue weighted by atomic mass is 10.0. The summed E-state index contributed by atoms with van der Waals surface area (Å²) in [6, 6.07) is 15.1. The van der Waals surface area contributed by atoms with Gasteiger partial charge in [0.1, 0.15) is 0 Å². The van der Waals surface area contributed by atoms with E-state index in [9.17, 15) is 0 Å². The first-order valence-electron chi connectivity index (χ1n) is 5.42. The molecule has 78 valence electrons. The van der Waals surface area contributed by atoms with Crippen LogP contribution in [-0.2, 0) is 6.42 Å². The van der Waals surface area contributed by atoms with Gasteiger partial charge in [-0.2, -0.15) is 0 Å². The van der Waals surface area contributed by atoms with Gasteiger partial charge >= 0.3 is 0 Å². The van der Waals surface area contributed by atoms with Crippen LogP contribution >= 0.6 is 15.9 Å². The molecule has 0 nitrogen and oxygen atoms in total. The van der Waals surface area contributed by atoms with Crippen molar-refractivity contribution in [1.29, 1.82) is 0 Å². The Kier molecular flexibility index (Phi) is 3.42. The third-order valence-electron chi connectivity index (χ3n) is 2.76. The normalized spacial score (nSPS) is 12.9. The van der Waals surface area contributed by atoms with Gasteiger partial charge in [-0.1, -0.05) is 65.3 Å². The molecule has 0 aliphatic rings. The van der Waals surface area contributed by atoms with Crippen LogP contribution in [0.1, 0.15) is 18.9 Å². The quantitative estimate of drug-likeness (QED) is 0.712. The molecule has 0 fully saturated rings. The minimum atomic E-state index is 0.586. The topological polar surface area (TPSA) is 0 Å². The van der Waals surface area contributed by atoms with Crippen LogP contribution < -0.4 is 0 Å². The Morgan fingerprint density at radius 2 is 1.80 bits per heavy atom. The molecule has 2 aromatic rings. The first kappa shape index (κ1) is 10.7. The minimum absolute atomic E-state index is 0.586. The van der Waals surface area contributed by atoms with Crippen molar-refractivity contribution in [2.45, 2.75) is 24.6 Å².